The first-order valence-electron chi connectivity index (χ1n) is 4.86. The van der Waals surface area contributed by atoms with Gasteiger partial charge in [0.2, 0.25) is 5.76 Å². The Bertz CT molecular complexity index is 634. The first-order chi connectivity index (χ1) is 8.54. The van der Waals surface area contributed by atoms with Gasteiger partial charge in [-0.1, -0.05) is 11.8 Å². The van der Waals surface area contributed by atoms with Crippen molar-refractivity contribution in [2.75, 3.05) is 5.73 Å². The zero-order valence-corrected chi connectivity index (χ0v) is 9.86. The van der Waals surface area contributed by atoms with Gasteiger partial charge in [-0.3, -0.25) is 4.79 Å². The second kappa shape index (κ2) is 4.96. The molecule has 8 heteroatoms. The van der Waals surface area contributed by atoms with E-state index in [0.29, 0.717) is 16.7 Å². The van der Waals surface area contributed by atoms with Gasteiger partial charge in [0.1, 0.15) is 11.6 Å². The number of nitrogens with one attached hydrogen (secondary N) is 1. The van der Waals surface area contributed by atoms with E-state index in [0.717, 1.165) is 0 Å². The molecule has 0 atom stereocenters. The van der Waals surface area contributed by atoms with Crippen molar-refractivity contribution < 1.29 is 14.3 Å². The number of hydrogen-bond donors (Lipinski definition) is 3. The fourth-order valence-corrected chi connectivity index (χ4v) is 2.01. The van der Waals surface area contributed by atoms with E-state index in [1.807, 2.05) is 0 Å². The number of nitrogen functional groups attached to an aromatic ring is 1. The van der Waals surface area contributed by atoms with Crippen molar-refractivity contribution in [2.24, 2.45) is 0 Å². The zero-order valence-electron chi connectivity index (χ0n) is 9.04. The topological polar surface area (TPSA) is 122 Å². The van der Waals surface area contributed by atoms with Crippen molar-refractivity contribution in [1.29, 1.82) is 0 Å². The minimum Gasteiger partial charge on any atom is -0.475 e. The molecule has 0 bridgehead atoms. The molecule has 2 heterocycles. The highest BCUT2D eigenvalue weighted by atomic mass is 32.2. The van der Waals surface area contributed by atoms with Crippen LogP contribution in [0.4, 0.5) is 5.82 Å². The molecule has 0 saturated heterocycles. The maximum Gasteiger partial charge on any atom is 0.371 e. The summed E-state index contributed by atoms with van der Waals surface area (Å²) in [6, 6.07) is 4.11. The predicted octanol–water partition coefficient (Wildman–Crippen LogP) is 0.936. The summed E-state index contributed by atoms with van der Waals surface area (Å²) in [5.41, 5.74) is 5.09. The third kappa shape index (κ3) is 2.92. The van der Waals surface area contributed by atoms with Crippen LogP contribution in [-0.2, 0) is 5.75 Å². The molecule has 0 spiro atoms. The zero-order chi connectivity index (χ0) is 13.1. The monoisotopic (exact) mass is 267 g/mol. The molecule has 18 heavy (non-hydrogen) atoms. The van der Waals surface area contributed by atoms with Gasteiger partial charge in [0.15, 0.2) is 5.16 Å². The van der Waals surface area contributed by atoms with Crippen LogP contribution in [0.2, 0.25) is 0 Å². The summed E-state index contributed by atoms with van der Waals surface area (Å²) >= 11 is 1.19. The number of aromatic nitrogens is 2. The fraction of sp³-hybridized carbons (Fsp3) is 0.100. The van der Waals surface area contributed by atoms with Gasteiger partial charge in [-0.05, 0) is 12.1 Å². The van der Waals surface area contributed by atoms with E-state index in [-0.39, 0.29) is 17.1 Å². The normalized spacial score (nSPS) is 10.4. The molecular weight excluding hydrogens is 258 g/mol. The molecule has 0 unspecified atom stereocenters. The minimum atomic E-state index is -1.12. The summed E-state index contributed by atoms with van der Waals surface area (Å²) in [4.78, 5) is 28.2. The highest BCUT2D eigenvalue weighted by molar-refractivity contribution is 7.98. The lowest BCUT2D eigenvalue weighted by atomic mass is 10.4. The van der Waals surface area contributed by atoms with E-state index in [2.05, 4.69) is 9.97 Å². The van der Waals surface area contributed by atoms with Gasteiger partial charge < -0.3 is 20.2 Å². The van der Waals surface area contributed by atoms with E-state index in [1.54, 1.807) is 6.07 Å². The van der Waals surface area contributed by atoms with Gasteiger partial charge in [-0.25, -0.2) is 9.78 Å². The maximum absolute atomic E-state index is 11.1. The first kappa shape index (κ1) is 12.2. The number of aromatic amines is 1. The Morgan fingerprint density at radius 1 is 1.56 bits per heavy atom. The molecule has 0 aromatic carbocycles. The third-order valence-electron chi connectivity index (χ3n) is 1.96. The second-order valence-corrected chi connectivity index (χ2v) is 4.30. The van der Waals surface area contributed by atoms with Crippen LogP contribution in [0.25, 0.3) is 0 Å². The first-order valence-corrected chi connectivity index (χ1v) is 5.85. The van der Waals surface area contributed by atoms with E-state index >= 15 is 0 Å². The van der Waals surface area contributed by atoms with Crippen molar-refractivity contribution in [1.82, 2.24) is 9.97 Å². The average molecular weight is 267 g/mol. The van der Waals surface area contributed by atoms with Gasteiger partial charge in [-0.15, -0.1) is 0 Å². The molecule has 0 fully saturated rings. The van der Waals surface area contributed by atoms with Crippen molar-refractivity contribution in [2.45, 2.75) is 10.9 Å². The summed E-state index contributed by atoms with van der Waals surface area (Å²) in [5, 5.41) is 9.03. The van der Waals surface area contributed by atoms with Gasteiger partial charge >= 0.3 is 5.97 Å². The molecule has 7 nitrogen and oxygen atoms in total. The number of nitrogens with zero attached hydrogens (tertiary/aromatic N) is 1. The molecule has 2 aromatic heterocycles. The summed E-state index contributed by atoms with van der Waals surface area (Å²) in [5.74, 6) is -0.296. The molecule has 0 aliphatic heterocycles. The SMILES string of the molecule is Nc1cc(=O)[nH]c(SCc2ccc(C(=O)O)o2)n1. The highest BCUT2D eigenvalue weighted by Gasteiger charge is 2.09. The van der Waals surface area contributed by atoms with Gasteiger partial charge in [0.05, 0.1) is 5.75 Å². The molecule has 2 aromatic rings. The summed E-state index contributed by atoms with van der Waals surface area (Å²) in [7, 11) is 0. The number of hydrogen-bond acceptors (Lipinski definition) is 6. The standard InChI is InChI=1S/C10H9N3O4S/c11-7-3-8(14)13-10(12-7)18-4-5-1-2-6(17-5)9(15)16/h1-3H,4H2,(H,15,16)(H3,11,12,13,14). The lowest BCUT2D eigenvalue weighted by Gasteiger charge is -1.99. The van der Waals surface area contributed by atoms with Gasteiger partial charge in [0.25, 0.3) is 5.56 Å². The minimum absolute atomic E-state index is 0.125. The number of anilines is 1. The largest absolute Gasteiger partial charge is 0.475 e. The number of H-pyrrole nitrogens is 1. The lowest BCUT2D eigenvalue weighted by molar-refractivity contribution is 0.0661. The Hall–Kier alpha value is -2.22. The van der Waals surface area contributed by atoms with E-state index < -0.39 is 5.97 Å². The molecule has 94 valence electrons. The molecule has 0 saturated carbocycles. The van der Waals surface area contributed by atoms with Gasteiger partial charge in [-0.2, -0.15) is 0 Å². The van der Waals surface area contributed by atoms with Crippen LogP contribution >= 0.6 is 11.8 Å². The van der Waals surface area contributed by atoms with Crippen LogP contribution in [0.5, 0.6) is 0 Å². The number of furan rings is 1. The molecule has 0 aliphatic carbocycles. The Morgan fingerprint density at radius 3 is 2.94 bits per heavy atom. The molecular formula is C10H9N3O4S. The smallest absolute Gasteiger partial charge is 0.371 e. The van der Waals surface area contributed by atoms with Crippen molar-refractivity contribution in [3.8, 4) is 0 Å². The summed E-state index contributed by atoms with van der Waals surface area (Å²) < 4.78 is 5.06. The van der Waals surface area contributed by atoms with E-state index in [1.165, 1.54) is 23.9 Å². The Balaban J connectivity index is 2.06. The van der Waals surface area contributed by atoms with Crippen LogP contribution in [0, 0.1) is 0 Å². The van der Waals surface area contributed by atoms with Crippen LogP contribution < -0.4 is 11.3 Å². The van der Waals surface area contributed by atoms with Crippen LogP contribution in [0.15, 0.2) is 32.6 Å². The van der Waals surface area contributed by atoms with Crippen molar-refractivity contribution in [3.63, 3.8) is 0 Å². The van der Waals surface area contributed by atoms with E-state index in [4.69, 9.17) is 15.3 Å². The van der Waals surface area contributed by atoms with Crippen LogP contribution in [-0.4, -0.2) is 21.0 Å². The van der Waals surface area contributed by atoms with Gasteiger partial charge in [0, 0.05) is 6.07 Å². The second-order valence-electron chi connectivity index (χ2n) is 3.34. The van der Waals surface area contributed by atoms with Crippen molar-refractivity contribution >= 4 is 23.5 Å². The quantitative estimate of drug-likeness (QED) is 0.556. The van der Waals surface area contributed by atoms with Crippen molar-refractivity contribution in [3.05, 3.63) is 40.1 Å². The number of aromatic carboxylic acids is 1. The number of thioether (sulfide) groups is 1. The fourth-order valence-electron chi connectivity index (χ4n) is 1.23. The molecule has 0 aliphatic rings. The number of nitrogens with two attached hydrogens (primary N) is 1. The number of carbonyl (C=O) groups is 1. The Morgan fingerprint density at radius 2 is 2.33 bits per heavy atom. The number of carboxylic acids is 1. The Labute approximate surface area is 105 Å². The molecule has 4 N–H and O–H groups in total. The summed E-state index contributed by atoms with van der Waals surface area (Å²) in [6.45, 7) is 0. The maximum atomic E-state index is 11.1. The molecule has 0 amide bonds. The lowest BCUT2D eigenvalue weighted by Crippen LogP contribution is -2.09. The number of carboxylic acid groups (broad SMARTS) is 1. The number of rotatable bonds is 4. The predicted molar refractivity (Wildman–Crippen MR) is 64.5 cm³/mol. The summed E-state index contributed by atoms with van der Waals surface area (Å²) in [6.07, 6.45) is 0. The van der Waals surface area contributed by atoms with E-state index in [9.17, 15) is 9.59 Å². The average Bonchev–Trinajstić information content (AvgIpc) is 2.73. The molecule has 0 radical (unpaired) electrons. The molecule has 2 rings (SSSR count). The Kier molecular flexibility index (Phi) is 3.38. The third-order valence-corrected chi connectivity index (χ3v) is 2.86. The van der Waals surface area contributed by atoms with Crippen LogP contribution in [0.1, 0.15) is 16.3 Å². The van der Waals surface area contributed by atoms with Crippen LogP contribution in [0.3, 0.4) is 0 Å². The highest BCUT2D eigenvalue weighted by Crippen LogP contribution is 2.20.